The van der Waals surface area contributed by atoms with Crippen molar-refractivity contribution >= 4 is 33.5 Å². The summed E-state index contributed by atoms with van der Waals surface area (Å²) in [4.78, 5) is 0. The highest BCUT2D eigenvalue weighted by Crippen LogP contribution is 2.23. The molecule has 21 heavy (non-hydrogen) atoms. The highest BCUT2D eigenvalue weighted by molar-refractivity contribution is 14.1. The molecule has 0 radical (unpaired) electrons. The number of nitrogens with two attached hydrogens (primary N) is 1. The van der Waals surface area contributed by atoms with Crippen LogP contribution in [0.25, 0.3) is 10.9 Å². The van der Waals surface area contributed by atoms with Crippen LogP contribution >= 0.6 is 22.6 Å². The summed E-state index contributed by atoms with van der Waals surface area (Å²) in [6.07, 6.45) is 0.758. The third kappa shape index (κ3) is 2.96. The minimum Gasteiger partial charge on any atom is -0.324 e. The van der Waals surface area contributed by atoms with Gasteiger partial charge in [0.15, 0.2) is 0 Å². The SMILES string of the molecule is CCn1nc(CC(N)c2cccc(I)c2)c2ccccc21. The van der Waals surface area contributed by atoms with E-state index in [9.17, 15) is 0 Å². The number of aromatic nitrogens is 2. The van der Waals surface area contributed by atoms with E-state index in [0.717, 1.165) is 24.2 Å². The Morgan fingerprint density at radius 2 is 2.00 bits per heavy atom. The first-order valence-electron chi connectivity index (χ1n) is 7.14. The van der Waals surface area contributed by atoms with Crippen molar-refractivity contribution in [1.82, 2.24) is 9.78 Å². The summed E-state index contributed by atoms with van der Waals surface area (Å²) < 4.78 is 3.26. The van der Waals surface area contributed by atoms with Crippen LogP contribution in [0.15, 0.2) is 48.5 Å². The molecule has 3 nitrogen and oxygen atoms in total. The molecule has 1 heterocycles. The van der Waals surface area contributed by atoms with Gasteiger partial charge in [0.25, 0.3) is 0 Å². The lowest BCUT2D eigenvalue weighted by Gasteiger charge is -2.11. The third-order valence-corrected chi connectivity index (χ3v) is 4.40. The molecule has 108 valence electrons. The summed E-state index contributed by atoms with van der Waals surface area (Å²) in [6.45, 7) is 2.99. The quantitative estimate of drug-likeness (QED) is 0.686. The Balaban J connectivity index is 1.94. The molecule has 0 aliphatic carbocycles. The highest BCUT2D eigenvalue weighted by atomic mass is 127. The van der Waals surface area contributed by atoms with Crippen molar-refractivity contribution in [3.8, 4) is 0 Å². The van der Waals surface area contributed by atoms with E-state index >= 15 is 0 Å². The van der Waals surface area contributed by atoms with Crippen LogP contribution in [0.5, 0.6) is 0 Å². The van der Waals surface area contributed by atoms with Crippen molar-refractivity contribution < 1.29 is 0 Å². The van der Waals surface area contributed by atoms with Crippen molar-refractivity contribution in [2.75, 3.05) is 0 Å². The van der Waals surface area contributed by atoms with Gasteiger partial charge in [0, 0.05) is 28.0 Å². The molecule has 0 amide bonds. The zero-order valence-electron chi connectivity index (χ0n) is 12.0. The molecular formula is C17H18IN3. The number of benzene rings is 2. The Morgan fingerprint density at radius 3 is 2.76 bits per heavy atom. The lowest BCUT2D eigenvalue weighted by atomic mass is 10.0. The minimum atomic E-state index is -0.0247. The second kappa shape index (κ2) is 6.15. The molecule has 1 aromatic heterocycles. The van der Waals surface area contributed by atoms with Crippen LogP contribution in [-0.2, 0) is 13.0 Å². The third-order valence-electron chi connectivity index (χ3n) is 3.72. The second-order valence-corrected chi connectivity index (χ2v) is 6.39. The van der Waals surface area contributed by atoms with Crippen LogP contribution in [0.1, 0.15) is 24.2 Å². The molecule has 2 aromatic carbocycles. The normalized spacial score (nSPS) is 12.7. The fraction of sp³-hybridized carbons (Fsp3) is 0.235. The van der Waals surface area contributed by atoms with Crippen molar-refractivity contribution in [3.63, 3.8) is 0 Å². The van der Waals surface area contributed by atoms with Crippen LogP contribution < -0.4 is 5.73 Å². The summed E-state index contributed by atoms with van der Waals surface area (Å²) in [6, 6.07) is 16.7. The Hall–Kier alpha value is -1.40. The van der Waals surface area contributed by atoms with E-state index < -0.39 is 0 Å². The summed E-state index contributed by atoms with van der Waals surface area (Å²) in [5.41, 5.74) is 9.82. The van der Waals surface area contributed by atoms with Gasteiger partial charge in [-0.25, -0.2) is 0 Å². The van der Waals surface area contributed by atoms with E-state index in [4.69, 9.17) is 10.8 Å². The van der Waals surface area contributed by atoms with Gasteiger partial charge in [-0.15, -0.1) is 0 Å². The Morgan fingerprint density at radius 1 is 1.19 bits per heavy atom. The molecule has 3 aromatic rings. The molecule has 0 aliphatic heterocycles. The number of nitrogens with zero attached hydrogens (tertiary/aromatic N) is 2. The first kappa shape index (κ1) is 14.5. The Bertz CT molecular complexity index is 764. The van der Waals surface area contributed by atoms with E-state index in [2.05, 4.69) is 78.0 Å². The molecule has 1 unspecified atom stereocenters. The van der Waals surface area contributed by atoms with Gasteiger partial charge < -0.3 is 5.73 Å². The standard InChI is InChI=1S/C17H18IN3/c1-2-21-17-9-4-3-8-14(17)16(20-21)11-15(19)12-6-5-7-13(18)10-12/h3-10,15H,2,11,19H2,1H3. The maximum absolute atomic E-state index is 6.39. The van der Waals surface area contributed by atoms with Gasteiger partial charge in [0.05, 0.1) is 11.2 Å². The van der Waals surface area contributed by atoms with Crippen LogP contribution in [0.4, 0.5) is 0 Å². The molecule has 0 spiro atoms. The van der Waals surface area contributed by atoms with Gasteiger partial charge in [-0.2, -0.15) is 5.10 Å². The summed E-state index contributed by atoms with van der Waals surface area (Å²) in [5, 5.41) is 5.94. The summed E-state index contributed by atoms with van der Waals surface area (Å²) >= 11 is 2.32. The van der Waals surface area contributed by atoms with Crippen LogP contribution in [0.3, 0.4) is 0 Å². The zero-order chi connectivity index (χ0) is 14.8. The maximum Gasteiger partial charge on any atom is 0.0722 e. The van der Waals surface area contributed by atoms with E-state index in [1.807, 2.05) is 4.68 Å². The minimum absolute atomic E-state index is 0.0247. The molecule has 0 saturated carbocycles. The topological polar surface area (TPSA) is 43.8 Å². The number of rotatable bonds is 4. The van der Waals surface area contributed by atoms with Crippen LogP contribution in [0.2, 0.25) is 0 Å². The molecule has 4 heteroatoms. The summed E-state index contributed by atoms with van der Waals surface area (Å²) in [7, 11) is 0. The molecule has 0 saturated heterocycles. The number of aryl methyl sites for hydroxylation is 1. The van der Waals surface area contributed by atoms with Gasteiger partial charge in [-0.1, -0.05) is 30.3 Å². The van der Waals surface area contributed by atoms with E-state index in [1.165, 1.54) is 14.5 Å². The predicted molar refractivity (Wildman–Crippen MR) is 95.2 cm³/mol. The molecule has 2 N–H and O–H groups in total. The van der Waals surface area contributed by atoms with Crippen LogP contribution in [-0.4, -0.2) is 9.78 Å². The average Bonchev–Trinajstić information content (AvgIpc) is 2.85. The monoisotopic (exact) mass is 391 g/mol. The fourth-order valence-corrected chi connectivity index (χ4v) is 3.22. The highest BCUT2D eigenvalue weighted by Gasteiger charge is 2.14. The number of hydrogen-bond donors (Lipinski definition) is 1. The van der Waals surface area contributed by atoms with E-state index in [1.54, 1.807) is 0 Å². The predicted octanol–water partition coefficient (Wildman–Crippen LogP) is 3.90. The average molecular weight is 391 g/mol. The molecular weight excluding hydrogens is 373 g/mol. The molecule has 0 aliphatic rings. The van der Waals surface area contributed by atoms with E-state index in [-0.39, 0.29) is 6.04 Å². The lowest BCUT2D eigenvalue weighted by molar-refractivity contribution is 0.641. The smallest absolute Gasteiger partial charge is 0.0722 e. The number of hydrogen-bond acceptors (Lipinski definition) is 2. The fourth-order valence-electron chi connectivity index (χ4n) is 2.65. The largest absolute Gasteiger partial charge is 0.324 e. The number of halogens is 1. The zero-order valence-corrected chi connectivity index (χ0v) is 14.1. The first-order chi connectivity index (χ1) is 10.2. The van der Waals surface area contributed by atoms with Crippen molar-refractivity contribution in [2.45, 2.75) is 25.9 Å². The molecule has 3 rings (SSSR count). The number of para-hydroxylation sites is 1. The molecule has 0 bridgehead atoms. The lowest BCUT2D eigenvalue weighted by Crippen LogP contribution is -2.14. The summed E-state index contributed by atoms with van der Waals surface area (Å²) in [5.74, 6) is 0. The van der Waals surface area contributed by atoms with Gasteiger partial charge in [0.2, 0.25) is 0 Å². The molecule has 1 atom stereocenters. The van der Waals surface area contributed by atoms with E-state index in [0.29, 0.717) is 0 Å². The van der Waals surface area contributed by atoms with Crippen LogP contribution in [0, 0.1) is 3.57 Å². The van der Waals surface area contributed by atoms with Gasteiger partial charge in [0.1, 0.15) is 0 Å². The van der Waals surface area contributed by atoms with Crippen molar-refractivity contribution in [3.05, 3.63) is 63.4 Å². The maximum atomic E-state index is 6.39. The first-order valence-corrected chi connectivity index (χ1v) is 8.22. The Labute approximate surface area is 138 Å². The van der Waals surface area contributed by atoms with Gasteiger partial charge in [-0.05, 0) is 53.3 Å². The Kier molecular flexibility index (Phi) is 4.26. The van der Waals surface area contributed by atoms with Crippen molar-refractivity contribution in [2.24, 2.45) is 5.73 Å². The number of fused-ring (bicyclic) bond motifs is 1. The van der Waals surface area contributed by atoms with Gasteiger partial charge in [-0.3, -0.25) is 4.68 Å². The second-order valence-electron chi connectivity index (χ2n) is 5.15. The van der Waals surface area contributed by atoms with Gasteiger partial charge >= 0.3 is 0 Å². The molecule has 0 fully saturated rings. The van der Waals surface area contributed by atoms with Crippen molar-refractivity contribution in [1.29, 1.82) is 0 Å².